The first-order valence-corrected chi connectivity index (χ1v) is 6.83. The fourth-order valence-corrected chi connectivity index (χ4v) is 2.50. The van der Waals surface area contributed by atoms with Gasteiger partial charge in [0.2, 0.25) is 0 Å². The van der Waals surface area contributed by atoms with Gasteiger partial charge >= 0.3 is 0 Å². The second-order valence-electron chi connectivity index (χ2n) is 4.51. The van der Waals surface area contributed by atoms with Gasteiger partial charge in [-0.15, -0.1) is 0 Å². The first-order chi connectivity index (χ1) is 9.47. The molecule has 0 aromatic heterocycles. The van der Waals surface area contributed by atoms with Crippen LogP contribution in [0, 0.1) is 5.82 Å². The second kappa shape index (κ2) is 5.96. The van der Waals surface area contributed by atoms with Gasteiger partial charge in [-0.25, -0.2) is 4.39 Å². The zero-order chi connectivity index (χ0) is 14.7. The Morgan fingerprint density at radius 1 is 1.15 bits per heavy atom. The van der Waals surface area contributed by atoms with E-state index < -0.39 is 0 Å². The second-order valence-corrected chi connectivity index (χ2v) is 5.62. The van der Waals surface area contributed by atoms with Gasteiger partial charge in [0, 0.05) is 35.1 Å². The van der Waals surface area contributed by atoms with E-state index in [1.807, 2.05) is 0 Å². The molecule has 0 spiro atoms. The quantitative estimate of drug-likeness (QED) is 0.883. The van der Waals surface area contributed by atoms with E-state index in [1.54, 1.807) is 44.4 Å². The summed E-state index contributed by atoms with van der Waals surface area (Å²) in [7, 11) is 3.39. The summed E-state index contributed by atoms with van der Waals surface area (Å²) in [6.07, 6.45) is 0. The summed E-state index contributed by atoms with van der Waals surface area (Å²) in [5.41, 5.74) is 7.06. The lowest BCUT2D eigenvalue weighted by Gasteiger charge is -2.12. The van der Waals surface area contributed by atoms with Crippen LogP contribution in [0.4, 0.5) is 10.1 Å². The minimum Gasteiger partial charge on any atom is -0.398 e. The van der Waals surface area contributed by atoms with E-state index in [9.17, 15) is 9.18 Å². The normalized spacial score (nSPS) is 10.3. The van der Waals surface area contributed by atoms with Crippen molar-refractivity contribution in [2.75, 3.05) is 19.8 Å². The molecule has 2 N–H and O–H groups in total. The number of nitrogen functional groups attached to an aromatic ring is 1. The maximum Gasteiger partial charge on any atom is 0.253 e. The van der Waals surface area contributed by atoms with Gasteiger partial charge < -0.3 is 10.6 Å². The zero-order valence-electron chi connectivity index (χ0n) is 11.3. The molecule has 0 saturated heterocycles. The number of hydrogen-bond acceptors (Lipinski definition) is 3. The summed E-state index contributed by atoms with van der Waals surface area (Å²) >= 11 is 1.44. The molecule has 0 unspecified atom stereocenters. The number of hydrogen-bond donors (Lipinski definition) is 1. The Labute approximate surface area is 121 Å². The summed E-state index contributed by atoms with van der Waals surface area (Å²) in [5.74, 6) is -0.357. The number of nitrogens with zero attached hydrogens (tertiary/aromatic N) is 1. The van der Waals surface area contributed by atoms with Crippen LogP contribution in [-0.4, -0.2) is 24.9 Å². The Morgan fingerprint density at radius 3 is 2.35 bits per heavy atom. The first-order valence-electron chi connectivity index (χ1n) is 6.02. The Hall–Kier alpha value is -2.01. The summed E-state index contributed by atoms with van der Waals surface area (Å²) in [6, 6.07) is 11.4. The Balaban J connectivity index is 2.22. The lowest BCUT2D eigenvalue weighted by molar-refractivity contribution is 0.0827. The van der Waals surface area contributed by atoms with Crippen molar-refractivity contribution in [2.45, 2.75) is 9.79 Å². The van der Waals surface area contributed by atoms with Gasteiger partial charge in [-0.1, -0.05) is 11.8 Å². The largest absolute Gasteiger partial charge is 0.398 e. The number of rotatable bonds is 3. The molecule has 5 heteroatoms. The van der Waals surface area contributed by atoms with Crippen LogP contribution in [-0.2, 0) is 0 Å². The van der Waals surface area contributed by atoms with Crippen LogP contribution in [0.25, 0.3) is 0 Å². The predicted octanol–water partition coefficient (Wildman–Crippen LogP) is 3.26. The molecule has 104 valence electrons. The molecule has 0 heterocycles. The number of amides is 1. The van der Waals surface area contributed by atoms with Crippen LogP contribution in [0.1, 0.15) is 10.4 Å². The molecule has 2 rings (SSSR count). The summed E-state index contributed by atoms with van der Waals surface area (Å²) in [4.78, 5) is 15.1. The molecular weight excluding hydrogens is 275 g/mol. The third-order valence-electron chi connectivity index (χ3n) is 2.70. The monoisotopic (exact) mass is 290 g/mol. The van der Waals surface area contributed by atoms with Gasteiger partial charge in [0.15, 0.2) is 0 Å². The lowest BCUT2D eigenvalue weighted by Crippen LogP contribution is -2.21. The molecule has 0 bridgehead atoms. The number of halogens is 1. The van der Waals surface area contributed by atoms with Crippen molar-refractivity contribution in [3.8, 4) is 0 Å². The molecule has 2 aromatic carbocycles. The van der Waals surface area contributed by atoms with Crippen LogP contribution in [0.3, 0.4) is 0 Å². The Bertz CT molecular complexity index is 626. The Morgan fingerprint density at radius 2 is 1.80 bits per heavy atom. The predicted molar refractivity (Wildman–Crippen MR) is 79.4 cm³/mol. The van der Waals surface area contributed by atoms with Crippen LogP contribution >= 0.6 is 11.8 Å². The smallest absolute Gasteiger partial charge is 0.253 e. The van der Waals surface area contributed by atoms with Crippen molar-refractivity contribution in [3.05, 3.63) is 53.8 Å². The molecule has 0 aliphatic rings. The number of carbonyl (C=O) groups excluding carboxylic acids is 1. The highest BCUT2D eigenvalue weighted by atomic mass is 32.2. The highest BCUT2D eigenvalue weighted by Gasteiger charge is 2.10. The average Bonchev–Trinajstić information content (AvgIpc) is 2.42. The molecule has 0 saturated carbocycles. The molecule has 0 aliphatic heterocycles. The van der Waals surface area contributed by atoms with Crippen molar-refractivity contribution in [3.63, 3.8) is 0 Å². The van der Waals surface area contributed by atoms with E-state index in [-0.39, 0.29) is 11.7 Å². The van der Waals surface area contributed by atoms with Crippen molar-refractivity contribution >= 4 is 23.4 Å². The topological polar surface area (TPSA) is 46.3 Å². The van der Waals surface area contributed by atoms with Gasteiger partial charge in [-0.05, 0) is 42.5 Å². The number of anilines is 1. The van der Waals surface area contributed by atoms with E-state index in [0.717, 1.165) is 9.79 Å². The minimum atomic E-state index is -0.269. The number of nitrogens with two attached hydrogens (primary N) is 1. The fourth-order valence-electron chi connectivity index (χ4n) is 1.66. The van der Waals surface area contributed by atoms with Crippen molar-refractivity contribution in [1.82, 2.24) is 4.90 Å². The van der Waals surface area contributed by atoms with E-state index >= 15 is 0 Å². The van der Waals surface area contributed by atoms with E-state index in [4.69, 9.17) is 5.73 Å². The van der Waals surface area contributed by atoms with Gasteiger partial charge in [0.05, 0.1) is 0 Å². The lowest BCUT2D eigenvalue weighted by atomic mass is 10.2. The number of carbonyl (C=O) groups is 1. The van der Waals surface area contributed by atoms with Gasteiger partial charge in [0.25, 0.3) is 5.91 Å². The molecule has 1 amide bonds. The molecule has 20 heavy (non-hydrogen) atoms. The van der Waals surface area contributed by atoms with Crippen molar-refractivity contribution in [2.24, 2.45) is 0 Å². The van der Waals surface area contributed by atoms with E-state index in [1.165, 1.54) is 28.8 Å². The fraction of sp³-hybridized carbons (Fsp3) is 0.133. The number of benzene rings is 2. The molecule has 2 aromatic rings. The van der Waals surface area contributed by atoms with Gasteiger partial charge in [-0.2, -0.15) is 0 Å². The van der Waals surface area contributed by atoms with Crippen LogP contribution < -0.4 is 5.73 Å². The van der Waals surface area contributed by atoms with E-state index in [0.29, 0.717) is 11.3 Å². The van der Waals surface area contributed by atoms with Crippen LogP contribution in [0.5, 0.6) is 0 Å². The molecule has 0 radical (unpaired) electrons. The van der Waals surface area contributed by atoms with Crippen LogP contribution in [0.2, 0.25) is 0 Å². The maximum atomic E-state index is 12.8. The molecule has 0 atom stereocenters. The molecular formula is C15H15FN2OS. The van der Waals surface area contributed by atoms with E-state index in [2.05, 4.69) is 0 Å². The van der Waals surface area contributed by atoms with Crippen molar-refractivity contribution < 1.29 is 9.18 Å². The highest BCUT2D eigenvalue weighted by Crippen LogP contribution is 2.32. The zero-order valence-corrected chi connectivity index (χ0v) is 12.1. The van der Waals surface area contributed by atoms with Gasteiger partial charge in [0.1, 0.15) is 5.82 Å². The van der Waals surface area contributed by atoms with Crippen LogP contribution in [0.15, 0.2) is 52.3 Å². The third kappa shape index (κ3) is 3.30. The van der Waals surface area contributed by atoms with Gasteiger partial charge in [-0.3, -0.25) is 4.79 Å². The maximum absolute atomic E-state index is 12.8. The highest BCUT2D eigenvalue weighted by molar-refractivity contribution is 7.99. The van der Waals surface area contributed by atoms with Crippen molar-refractivity contribution in [1.29, 1.82) is 0 Å². The first kappa shape index (κ1) is 14.4. The standard InChI is InChI=1S/C15H15FN2OS/c1-18(2)15(19)10-3-8-14(13(17)9-10)20-12-6-4-11(16)5-7-12/h3-9H,17H2,1-2H3. The third-order valence-corrected chi connectivity index (χ3v) is 3.80. The summed E-state index contributed by atoms with van der Waals surface area (Å²) in [6.45, 7) is 0. The Kier molecular flexibility index (Phi) is 4.29. The molecule has 3 nitrogen and oxygen atoms in total. The average molecular weight is 290 g/mol. The molecule has 0 aliphatic carbocycles. The SMILES string of the molecule is CN(C)C(=O)c1ccc(Sc2ccc(F)cc2)c(N)c1. The molecule has 0 fully saturated rings. The minimum absolute atomic E-state index is 0.0879. The summed E-state index contributed by atoms with van der Waals surface area (Å²) in [5, 5.41) is 0. The summed E-state index contributed by atoms with van der Waals surface area (Å²) < 4.78 is 12.8.